The zero-order chi connectivity index (χ0) is 13.5. The van der Waals surface area contributed by atoms with Crippen molar-refractivity contribution in [2.75, 3.05) is 38.7 Å². The molecule has 0 atom stereocenters. The van der Waals surface area contributed by atoms with Gasteiger partial charge in [-0.05, 0) is 30.0 Å². The normalized spacial score (nSPS) is 14.0. The first-order valence-electron chi connectivity index (χ1n) is 7.02. The third kappa shape index (κ3) is 3.82. The zero-order valence-corrected chi connectivity index (χ0v) is 11.8. The molecule has 1 aliphatic rings. The predicted molar refractivity (Wildman–Crippen MR) is 80.6 cm³/mol. The van der Waals surface area contributed by atoms with Gasteiger partial charge >= 0.3 is 0 Å². The van der Waals surface area contributed by atoms with Gasteiger partial charge in [0.1, 0.15) is 0 Å². The molecule has 3 heteroatoms. The topological polar surface area (TPSA) is 24.5 Å². The number of rotatable bonds is 7. The summed E-state index contributed by atoms with van der Waals surface area (Å²) in [4.78, 5) is 2.38. The molecule has 1 aromatic carbocycles. The number of hydrogen-bond acceptors (Lipinski definition) is 3. The van der Waals surface area contributed by atoms with E-state index in [0.717, 1.165) is 32.8 Å². The molecule has 0 aliphatic carbocycles. The number of methoxy groups -OCH3 is 1. The second kappa shape index (κ2) is 7.31. The SMILES string of the molecule is C=CCN(CCOC)Cc1cccc2c1CCCN2. The van der Waals surface area contributed by atoms with Crippen molar-refractivity contribution in [2.24, 2.45) is 0 Å². The molecule has 0 saturated heterocycles. The summed E-state index contributed by atoms with van der Waals surface area (Å²) in [5, 5.41) is 3.49. The van der Waals surface area contributed by atoms with E-state index in [0.29, 0.717) is 0 Å². The van der Waals surface area contributed by atoms with Gasteiger partial charge < -0.3 is 10.1 Å². The van der Waals surface area contributed by atoms with Gasteiger partial charge in [0.15, 0.2) is 0 Å². The summed E-state index contributed by atoms with van der Waals surface area (Å²) in [7, 11) is 1.75. The Bertz CT molecular complexity index is 417. The molecule has 0 unspecified atom stereocenters. The fourth-order valence-electron chi connectivity index (χ4n) is 2.61. The number of benzene rings is 1. The fraction of sp³-hybridized carbons (Fsp3) is 0.500. The maximum Gasteiger partial charge on any atom is 0.0589 e. The minimum absolute atomic E-state index is 0.765. The Labute approximate surface area is 116 Å². The molecule has 0 bridgehead atoms. The second-order valence-electron chi connectivity index (χ2n) is 4.99. The molecule has 0 aromatic heterocycles. The Morgan fingerprint density at radius 1 is 1.47 bits per heavy atom. The second-order valence-corrected chi connectivity index (χ2v) is 4.99. The van der Waals surface area contributed by atoms with E-state index in [1.807, 2.05) is 6.08 Å². The van der Waals surface area contributed by atoms with Crippen molar-refractivity contribution in [3.05, 3.63) is 42.0 Å². The lowest BCUT2D eigenvalue weighted by Gasteiger charge is -2.25. The lowest BCUT2D eigenvalue weighted by Crippen LogP contribution is -2.28. The lowest BCUT2D eigenvalue weighted by atomic mass is 9.97. The third-order valence-electron chi connectivity index (χ3n) is 3.58. The Balaban J connectivity index is 2.09. The summed E-state index contributed by atoms with van der Waals surface area (Å²) in [5.74, 6) is 0. The van der Waals surface area contributed by atoms with E-state index < -0.39 is 0 Å². The summed E-state index contributed by atoms with van der Waals surface area (Å²) in [6.07, 6.45) is 4.37. The van der Waals surface area contributed by atoms with E-state index in [-0.39, 0.29) is 0 Å². The van der Waals surface area contributed by atoms with Crippen LogP contribution in [0.15, 0.2) is 30.9 Å². The fourth-order valence-corrected chi connectivity index (χ4v) is 2.61. The first-order valence-corrected chi connectivity index (χ1v) is 7.02. The van der Waals surface area contributed by atoms with Gasteiger partial charge in [0.25, 0.3) is 0 Å². The van der Waals surface area contributed by atoms with E-state index in [4.69, 9.17) is 4.74 Å². The van der Waals surface area contributed by atoms with Crippen LogP contribution in [0.4, 0.5) is 5.69 Å². The first kappa shape index (κ1) is 14.1. The van der Waals surface area contributed by atoms with Crippen LogP contribution in [0, 0.1) is 0 Å². The molecular formula is C16H24N2O. The zero-order valence-electron chi connectivity index (χ0n) is 11.8. The molecule has 0 saturated carbocycles. The van der Waals surface area contributed by atoms with Gasteiger partial charge in [0, 0.05) is 39.0 Å². The van der Waals surface area contributed by atoms with Crippen molar-refractivity contribution in [1.29, 1.82) is 0 Å². The molecule has 0 amide bonds. The largest absolute Gasteiger partial charge is 0.385 e. The number of ether oxygens (including phenoxy) is 1. The van der Waals surface area contributed by atoms with Crippen LogP contribution < -0.4 is 5.32 Å². The Hall–Kier alpha value is -1.32. The lowest BCUT2D eigenvalue weighted by molar-refractivity contribution is 0.151. The molecule has 0 radical (unpaired) electrons. The highest BCUT2D eigenvalue weighted by atomic mass is 16.5. The minimum Gasteiger partial charge on any atom is -0.385 e. The summed E-state index contributed by atoms with van der Waals surface area (Å²) in [5.41, 5.74) is 4.23. The van der Waals surface area contributed by atoms with Crippen molar-refractivity contribution in [3.8, 4) is 0 Å². The highest BCUT2D eigenvalue weighted by Gasteiger charge is 2.14. The number of hydrogen-bond donors (Lipinski definition) is 1. The average Bonchev–Trinajstić information content (AvgIpc) is 2.45. The molecule has 2 rings (SSSR count). The maximum absolute atomic E-state index is 5.18. The standard InChI is InChI=1S/C16H24N2O/c1-3-10-18(11-12-19-2)13-14-6-4-8-16-15(14)7-5-9-17-16/h3-4,6,8,17H,1,5,7,9-13H2,2H3. The molecule has 1 aliphatic heterocycles. The predicted octanol–water partition coefficient (Wildman–Crippen LogP) is 2.68. The van der Waals surface area contributed by atoms with Gasteiger partial charge in [0.2, 0.25) is 0 Å². The van der Waals surface area contributed by atoms with Crippen molar-refractivity contribution in [2.45, 2.75) is 19.4 Å². The summed E-state index contributed by atoms with van der Waals surface area (Å²) in [6.45, 7) is 8.52. The van der Waals surface area contributed by atoms with Gasteiger partial charge in [0.05, 0.1) is 6.61 Å². The monoisotopic (exact) mass is 260 g/mol. The molecule has 0 spiro atoms. The van der Waals surface area contributed by atoms with Gasteiger partial charge in [-0.3, -0.25) is 4.90 Å². The highest BCUT2D eigenvalue weighted by molar-refractivity contribution is 5.56. The van der Waals surface area contributed by atoms with E-state index in [2.05, 4.69) is 35.0 Å². The van der Waals surface area contributed by atoms with Crippen LogP contribution in [0.1, 0.15) is 17.5 Å². The van der Waals surface area contributed by atoms with Gasteiger partial charge in [-0.2, -0.15) is 0 Å². The maximum atomic E-state index is 5.18. The summed E-state index contributed by atoms with van der Waals surface area (Å²) < 4.78 is 5.18. The molecular weight excluding hydrogens is 236 g/mol. The number of nitrogens with zero attached hydrogens (tertiary/aromatic N) is 1. The van der Waals surface area contributed by atoms with Gasteiger partial charge in [-0.15, -0.1) is 6.58 Å². The van der Waals surface area contributed by atoms with E-state index in [1.54, 1.807) is 7.11 Å². The number of anilines is 1. The molecule has 1 heterocycles. The number of fused-ring (bicyclic) bond motifs is 1. The van der Waals surface area contributed by atoms with Gasteiger partial charge in [-0.25, -0.2) is 0 Å². The van der Waals surface area contributed by atoms with Crippen LogP contribution in [-0.2, 0) is 17.7 Å². The quantitative estimate of drug-likeness (QED) is 0.763. The van der Waals surface area contributed by atoms with Crippen LogP contribution in [0.3, 0.4) is 0 Å². The molecule has 104 valence electrons. The molecule has 1 N–H and O–H groups in total. The van der Waals surface area contributed by atoms with E-state index in [1.165, 1.54) is 29.7 Å². The van der Waals surface area contributed by atoms with Crippen LogP contribution >= 0.6 is 0 Å². The smallest absolute Gasteiger partial charge is 0.0589 e. The van der Waals surface area contributed by atoms with Crippen molar-refractivity contribution >= 4 is 5.69 Å². The Kier molecular flexibility index (Phi) is 5.43. The minimum atomic E-state index is 0.765. The van der Waals surface area contributed by atoms with E-state index in [9.17, 15) is 0 Å². The first-order chi connectivity index (χ1) is 9.35. The Morgan fingerprint density at radius 3 is 3.16 bits per heavy atom. The van der Waals surface area contributed by atoms with Crippen LogP contribution in [0.25, 0.3) is 0 Å². The summed E-state index contributed by atoms with van der Waals surface area (Å²) >= 11 is 0. The van der Waals surface area contributed by atoms with E-state index >= 15 is 0 Å². The molecule has 0 fully saturated rings. The summed E-state index contributed by atoms with van der Waals surface area (Å²) in [6, 6.07) is 6.58. The molecule has 19 heavy (non-hydrogen) atoms. The molecule has 1 aromatic rings. The third-order valence-corrected chi connectivity index (χ3v) is 3.58. The van der Waals surface area contributed by atoms with Crippen molar-refractivity contribution in [3.63, 3.8) is 0 Å². The Morgan fingerprint density at radius 2 is 2.37 bits per heavy atom. The molecule has 3 nitrogen and oxygen atoms in total. The van der Waals surface area contributed by atoms with Crippen molar-refractivity contribution in [1.82, 2.24) is 4.90 Å². The van der Waals surface area contributed by atoms with Crippen LogP contribution in [0.2, 0.25) is 0 Å². The number of nitrogens with one attached hydrogen (secondary N) is 1. The van der Waals surface area contributed by atoms with Crippen LogP contribution in [0.5, 0.6) is 0 Å². The van der Waals surface area contributed by atoms with Crippen LogP contribution in [-0.4, -0.2) is 38.3 Å². The average molecular weight is 260 g/mol. The van der Waals surface area contributed by atoms with Crippen molar-refractivity contribution < 1.29 is 4.74 Å². The highest BCUT2D eigenvalue weighted by Crippen LogP contribution is 2.26. The van der Waals surface area contributed by atoms with Gasteiger partial charge in [-0.1, -0.05) is 18.2 Å².